The van der Waals surface area contributed by atoms with E-state index < -0.39 is 15.6 Å². The zero-order valence-corrected chi connectivity index (χ0v) is 11.2. The second-order valence-corrected chi connectivity index (χ2v) is 6.80. The number of hydrogen-bond acceptors (Lipinski definition) is 4. The van der Waals surface area contributed by atoms with E-state index in [2.05, 4.69) is 14.9 Å². The Labute approximate surface area is 107 Å². The van der Waals surface area contributed by atoms with Crippen LogP contribution in [0.2, 0.25) is 0 Å². The highest BCUT2D eigenvalue weighted by molar-refractivity contribution is 7.89. The number of hydrogen-bond donors (Lipinski definition) is 3. The van der Waals surface area contributed by atoms with Gasteiger partial charge in [0.25, 0.3) is 0 Å². The van der Waals surface area contributed by atoms with Gasteiger partial charge in [-0.3, -0.25) is 5.10 Å². The molecule has 4 N–H and O–H groups in total. The van der Waals surface area contributed by atoms with Crippen molar-refractivity contribution in [2.45, 2.75) is 49.0 Å². The van der Waals surface area contributed by atoms with Gasteiger partial charge in [0, 0.05) is 18.3 Å². The van der Waals surface area contributed by atoms with E-state index in [0.717, 1.165) is 25.7 Å². The Morgan fingerprint density at radius 1 is 1.33 bits per heavy atom. The first-order chi connectivity index (χ1) is 8.52. The maximum Gasteiger partial charge on any atom is 0.243 e. The number of sulfonamides is 1. The van der Waals surface area contributed by atoms with Gasteiger partial charge < -0.3 is 5.73 Å². The number of H-pyrrole nitrogens is 1. The SMILES string of the molecule is NC1(CNS(=O)(=O)c2cn[nH]c2)CCCCCC1. The average molecular weight is 272 g/mol. The molecule has 0 amide bonds. The van der Waals surface area contributed by atoms with Crippen molar-refractivity contribution in [3.8, 4) is 0 Å². The predicted molar refractivity (Wildman–Crippen MR) is 68.4 cm³/mol. The largest absolute Gasteiger partial charge is 0.324 e. The third-order valence-electron chi connectivity index (χ3n) is 3.50. The lowest BCUT2D eigenvalue weighted by atomic mass is 9.92. The van der Waals surface area contributed by atoms with Crippen LogP contribution in [0.1, 0.15) is 38.5 Å². The molecule has 0 aromatic carbocycles. The van der Waals surface area contributed by atoms with Gasteiger partial charge in [-0.1, -0.05) is 25.7 Å². The number of aromatic nitrogens is 2. The molecule has 7 heteroatoms. The van der Waals surface area contributed by atoms with E-state index in [1.54, 1.807) is 0 Å². The van der Waals surface area contributed by atoms with E-state index in [9.17, 15) is 8.42 Å². The third-order valence-corrected chi connectivity index (χ3v) is 4.87. The van der Waals surface area contributed by atoms with Crippen molar-refractivity contribution < 1.29 is 8.42 Å². The zero-order valence-electron chi connectivity index (χ0n) is 10.4. The molecule has 1 saturated carbocycles. The number of nitrogens with zero attached hydrogens (tertiary/aromatic N) is 1. The van der Waals surface area contributed by atoms with Crippen molar-refractivity contribution in [1.29, 1.82) is 0 Å². The number of rotatable bonds is 4. The van der Waals surface area contributed by atoms with E-state index >= 15 is 0 Å². The Balaban J connectivity index is 1.98. The molecule has 2 rings (SSSR count). The Morgan fingerprint density at radius 2 is 2.00 bits per heavy atom. The van der Waals surface area contributed by atoms with Gasteiger partial charge in [-0.15, -0.1) is 0 Å². The highest BCUT2D eigenvalue weighted by Gasteiger charge is 2.28. The van der Waals surface area contributed by atoms with Gasteiger partial charge in [0.05, 0.1) is 6.20 Å². The summed E-state index contributed by atoms with van der Waals surface area (Å²) in [4.78, 5) is 0.153. The fraction of sp³-hybridized carbons (Fsp3) is 0.727. The molecule has 102 valence electrons. The molecular weight excluding hydrogens is 252 g/mol. The summed E-state index contributed by atoms with van der Waals surface area (Å²) in [6.07, 6.45) is 8.92. The van der Waals surface area contributed by atoms with Crippen LogP contribution in [0, 0.1) is 0 Å². The second-order valence-electron chi connectivity index (χ2n) is 5.04. The van der Waals surface area contributed by atoms with Crippen molar-refractivity contribution >= 4 is 10.0 Å². The molecule has 1 aliphatic rings. The summed E-state index contributed by atoms with van der Waals surface area (Å²) in [7, 11) is -3.49. The lowest BCUT2D eigenvalue weighted by molar-refractivity contribution is 0.369. The molecule has 0 atom stereocenters. The minimum atomic E-state index is -3.49. The molecular formula is C11H20N4O2S. The smallest absolute Gasteiger partial charge is 0.243 e. The van der Waals surface area contributed by atoms with Gasteiger partial charge in [0.2, 0.25) is 10.0 Å². The summed E-state index contributed by atoms with van der Waals surface area (Å²) in [5, 5.41) is 6.13. The van der Waals surface area contributed by atoms with Gasteiger partial charge in [0.15, 0.2) is 0 Å². The minimum Gasteiger partial charge on any atom is -0.324 e. The van der Waals surface area contributed by atoms with E-state index in [-0.39, 0.29) is 4.90 Å². The van der Waals surface area contributed by atoms with Gasteiger partial charge in [-0.2, -0.15) is 5.10 Å². The number of nitrogens with one attached hydrogen (secondary N) is 2. The van der Waals surface area contributed by atoms with E-state index in [1.807, 2.05) is 0 Å². The minimum absolute atomic E-state index is 0.153. The van der Waals surface area contributed by atoms with Gasteiger partial charge >= 0.3 is 0 Å². The summed E-state index contributed by atoms with van der Waals surface area (Å²) >= 11 is 0. The van der Waals surface area contributed by atoms with Crippen LogP contribution >= 0.6 is 0 Å². The molecule has 1 fully saturated rings. The molecule has 0 radical (unpaired) electrons. The van der Waals surface area contributed by atoms with Crippen LogP contribution in [0.4, 0.5) is 0 Å². The molecule has 1 aromatic heterocycles. The summed E-state index contributed by atoms with van der Waals surface area (Å²) in [5.74, 6) is 0. The molecule has 1 heterocycles. The van der Waals surface area contributed by atoms with Crippen LogP contribution in [0.25, 0.3) is 0 Å². The molecule has 1 aliphatic carbocycles. The van der Waals surface area contributed by atoms with Gasteiger partial charge in [-0.05, 0) is 12.8 Å². The highest BCUT2D eigenvalue weighted by atomic mass is 32.2. The van der Waals surface area contributed by atoms with Crippen molar-refractivity contribution in [1.82, 2.24) is 14.9 Å². The number of nitrogens with two attached hydrogens (primary N) is 1. The second kappa shape index (κ2) is 5.38. The molecule has 1 aromatic rings. The first kappa shape index (κ1) is 13.5. The van der Waals surface area contributed by atoms with Crippen molar-refractivity contribution in [2.75, 3.05) is 6.54 Å². The van der Waals surface area contributed by atoms with Gasteiger partial charge in [-0.25, -0.2) is 13.1 Å². The fourth-order valence-corrected chi connectivity index (χ4v) is 3.36. The van der Waals surface area contributed by atoms with Crippen molar-refractivity contribution in [3.05, 3.63) is 12.4 Å². The van der Waals surface area contributed by atoms with E-state index in [4.69, 9.17) is 5.73 Å². The third kappa shape index (κ3) is 3.30. The molecule has 0 aliphatic heterocycles. The molecule has 0 spiro atoms. The highest BCUT2D eigenvalue weighted by Crippen LogP contribution is 2.24. The molecule has 18 heavy (non-hydrogen) atoms. The maximum atomic E-state index is 11.9. The lowest BCUT2D eigenvalue weighted by Gasteiger charge is -2.28. The van der Waals surface area contributed by atoms with Crippen LogP contribution in [0.5, 0.6) is 0 Å². The van der Waals surface area contributed by atoms with Crippen LogP contribution in [0.3, 0.4) is 0 Å². The van der Waals surface area contributed by atoms with Crippen LogP contribution < -0.4 is 10.5 Å². The summed E-state index contributed by atoms with van der Waals surface area (Å²) in [6.45, 7) is 0.292. The Morgan fingerprint density at radius 3 is 2.56 bits per heavy atom. The molecule has 0 bridgehead atoms. The predicted octanol–water partition coefficient (Wildman–Crippen LogP) is 0.740. The average Bonchev–Trinajstić information content (AvgIpc) is 2.79. The number of aromatic amines is 1. The Hall–Kier alpha value is -0.920. The van der Waals surface area contributed by atoms with Crippen molar-refractivity contribution in [2.24, 2.45) is 5.73 Å². The standard InChI is InChI=1S/C11H20N4O2S/c12-11(5-3-1-2-4-6-11)9-15-18(16,17)10-7-13-14-8-10/h7-8,15H,1-6,9,12H2,(H,13,14). The Kier molecular flexibility index (Phi) is 4.04. The van der Waals surface area contributed by atoms with Crippen LogP contribution in [-0.2, 0) is 10.0 Å². The quantitative estimate of drug-likeness (QED) is 0.704. The first-order valence-electron chi connectivity index (χ1n) is 6.29. The van der Waals surface area contributed by atoms with Crippen LogP contribution in [0.15, 0.2) is 17.3 Å². The first-order valence-corrected chi connectivity index (χ1v) is 7.78. The topological polar surface area (TPSA) is 101 Å². The van der Waals surface area contributed by atoms with Crippen LogP contribution in [-0.4, -0.2) is 30.7 Å². The summed E-state index contributed by atoms with van der Waals surface area (Å²) in [5.41, 5.74) is 5.86. The fourth-order valence-electron chi connectivity index (χ4n) is 2.32. The van der Waals surface area contributed by atoms with Gasteiger partial charge in [0.1, 0.15) is 4.90 Å². The normalized spacial score (nSPS) is 20.5. The summed E-state index contributed by atoms with van der Waals surface area (Å²) < 4.78 is 26.5. The Bertz CT molecular complexity index is 461. The zero-order chi connectivity index (χ0) is 13.1. The summed E-state index contributed by atoms with van der Waals surface area (Å²) in [6, 6.07) is 0. The maximum absolute atomic E-state index is 11.9. The van der Waals surface area contributed by atoms with E-state index in [0.29, 0.717) is 6.54 Å². The molecule has 0 unspecified atom stereocenters. The molecule has 0 saturated heterocycles. The van der Waals surface area contributed by atoms with Crippen molar-refractivity contribution in [3.63, 3.8) is 0 Å². The lowest BCUT2D eigenvalue weighted by Crippen LogP contribution is -2.49. The molecule has 6 nitrogen and oxygen atoms in total. The monoisotopic (exact) mass is 272 g/mol. The van der Waals surface area contributed by atoms with E-state index in [1.165, 1.54) is 25.2 Å².